The number of aliphatic hydroxyl groups is 1. The lowest BCUT2D eigenvalue weighted by Gasteiger charge is -2.25. The molecule has 1 aromatic heterocycles. The van der Waals surface area contributed by atoms with Crippen molar-refractivity contribution >= 4 is 17.4 Å². The van der Waals surface area contributed by atoms with Gasteiger partial charge in [-0.1, -0.05) is 44.2 Å². The minimum atomic E-state index is -0.813. The minimum Gasteiger partial charge on any atom is -0.507 e. The third-order valence-electron chi connectivity index (χ3n) is 5.70. The molecule has 4 rings (SSSR count). The topological polar surface area (TPSA) is 89.0 Å². The first-order valence-corrected chi connectivity index (χ1v) is 11.4. The van der Waals surface area contributed by atoms with Crippen molar-refractivity contribution < 1.29 is 24.2 Å². The summed E-state index contributed by atoms with van der Waals surface area (Å²) in [7, 11) is 1.55. The molecule has 1 saturated heterocycles. The highest BCUT2D eigenvalue weighted by Gasteiger charge is 2.46. The fraction of sp³-hybridized carbons (Fsp3) is 0.250. The molecule has 1 fully saturated rings. The van der Waals surface area contributed by atoms with Crippen LogP contribution in [0.2, 0.25) is 0 Å². The van der Waals surface area contributed by atoms with Gasteiger partial charge in [-0.25, -0.2) is 0 Å². The quantitative estimate of drug-likeness (QED) is 0.289. The van der Waals surface area contributed by atoms with Crippen molar-refractivity contribution in [2.24, 2.45) is 5.92 Å². The van der Waals surface area contributed by atoms with Crippen molar-refractivity contribution in [3.05, 3.63) is 95.3 Å². The molecule has 0 radical (unpaired) electrons. The average Bonchev–Trinajstić information content (AvgIpc) is 3.12. The fourth-order valence-electron chi connectivity index (χ4n) is 4.02. The number of hydrogen-bond donors (Lipinski definition) is 1. The Morgan fingerprint density at radius 2 is 1.80 bits per heavy atom. The van der Waals surface area contributed by atoms with E-state index in [1.807, 2.05) is 19.9 Å². The molecule has 1 atom stereocenters. The molecule has 2 aromatic carbocycles. The van der Waals surface area contributed by atoms with Gasteiger partial charge in [0.2, 0.25) is 0 Å². The second kappa shape index (κ2) is 10.4. The van der Waals surface area contributed by atoms with Crippen LogP contribution in [0, 0.1) is 5.92 Å². The maximum atomic E-state index is 13.3. The summed E-state index contributed by atoms with van der Waals surface area (Å²) in [5.41, 5.74) is 1.69. The molecule has 0 bridgehead atoms. The summed E-state index contributed by atoms with van der Waals surface area (Å²) in [6.45, 7) is 4.71. The number of nitrogens with zero attached hydrogens (tertiary/aromatic N) is 2. The summed E-state index contributed by atoms with van der Waals surface area (Å²) >= 11 is 0. The number of aliphatic hydroxyl groups excluding tert-OH is 1. The molecule has 7 heteroatoms. The third kappa shape index (κ3) is 5.19. The third-order valence-corrected chi connectivity index (χ3v) is 5.70. The van der Waals surface area contributed by atoms with Gasteiger partial charge in [0.1, 0.15) is 17.3 Å². The van der Waals surface area contributed by atoms with Crippen molar-refractivity contribution in [2.45, 2.75) is 26.4 Å². The van der Waals surface area contributed by atoms with Gasteiger partial charge in [0.05, 0.1) is 37.6 Å². The zero-order chi connectivity index (χ0) is 24.9. The number of amides is 1. The lowest BCUT2D eigenvalue weighted by molar-refractivity contribution is -0.140. The Morgan fingerprint density at radius 3 is 2.51 bits per heavy atom. The lowest BCUT2D eigenvalue weighted by atomic mass is 9.95. The van der Waals surface area contributed by atoms with Gasteiger partial charge in [-0.05, 0) is 47.9 Å². The van der Waals surface area contributed by atoms with E-state index in [1.54, 1.807) is 74.0 Å². The van der Waals surface area contributed by atoms with Crippen LogP contribution in [0.25, 0.3) is 5.76 Å². The van der Waals surface area contributed by atoms with E-state index in [1.165, 1.54) is 4.90 Å². The summed E-state index contributed by atoms with van der Waals surface area (Å²) in [6.07, 6.45) is 1.63. The Hall–Kier alpha value is -4.13. The Bertz CT molecular complexity index is 1250. The Labute approximate surface area is 204 Å². The van der Waals surface area contributed by atoms with Gasteiger partial charge in [-0.2, -0.15) is 0 Å². The normalized spacial score (nSPS) is 17.1. The minimum absolute atomic E-state index is 0.0141. The van der Waals surface area contributed by atoms with E-state index in [0.29, 0.717) is 40.8 Å². The van der Waals surface area contributed by atoms with Gasteiger partial charge in [-0.3, -0.25) is 14.6 Å². The number of methoxy groups -OCH3 is 1. The van der Waals surface area contributed by atoms with E-state index in [2.05, 4.69) is 4.98 Å². The van der Waals surface area contributed by atoms with Crippen molar-refractivity contribution in [2.75, 3.05) is 13.7 Å². The van der Waals surface area contributed by atoms with E-state index >= 15 is 0 Å². The standard InChI is InChI=1S/C28H28N2O5/c1-18(2)17-35-23-12-7-9-20(15-23)26(31)24-25(19-8-6-11-22(14-19)34-3)30(28(33)27(24)32)16-21-10-4-5-13-29-21/h4-15,18,25,31H,16-17H2,1-3H3/b26-24-. The molecule has 0 spiro atoms. The molecule has 1 aliphatic rings. The second-order valence-electron chi connectivity index (χ2n) is 8.76. The maximum Gasteiger partial charge on any atom is 0.296 e. The van der Waals surface area contributed by atoms with Crippen LogP contribution in [0.5, 0.6) is 11.5 Å². The number of rotatable bonds is 8. The van der Waals surface area contributed by atoms with Crippen LogP contribution in [0.1, 0.15) is 36.7 Å². The van der Waals surface area contributed by atoms with Crippen molar-refractivity contribution in [1.29, 1.82) is 0 Å². The van der Waals surface area contributed by atoms with Gasteiger partial charge in [0.15, 0.2) is 0 Å². The van der Waals surface area contributed by atoms with Gasteiger partial charge >= 0.3 is 0 Å². The van der Waals surface area contributed by atoms with Crippen molar-refractivity contribution in [3.63, 3.8) is 0 Å². The largest absolute Gasteiger partial charge is 0.507 e. The van der Waals surface area contributed by atoms with E-state index in [9.17, 15) is 14.7 Å². The summed E-state index contributed by atoms with van der Waals surface area (Å²) in [6, 6.07) is 18.6. The van der Waals surface area contributed by atoms with E-state index in [4.69, 9.17) is 9.47 Å². The zero-order valence-corrected chi connectivity index (χ0v) is 20.0. The Kier molecular flexibility index (Phi) is 7.15. The summed E-state index contributed by atoms with van der Waals surface area (Å²) in [5, 5.41) is 11.3. The highest BCUT2D eigenvalue weighted by molar-refractivity contribution is 6.46. The number of benzene rings is 2. The molecular formula is C28H28N2O5. The monoisotopic (exact) mass is 472 g/mol. The predicted molar refractivity (Wildman–Crippen MR) is 132 cm³/mol. The number of Topliss-reactive ketones (excluding diaryl/α,β-unsaturated/α-hetero) is 1. The molecule has 1 aliphatic heterocycles. The predicted octanol–water partition coefficient (Wildman–Crippen LogP) is 4.75. The van der Waals surface area contributed by atoms with Crippen molar-refractivity contribution in [3.8, 4) is 11.5 Å². The van der Waals surface area contributed by atoms with E-state index < -0.39 is 17.7 Å². The van der Waals surface area contributed by atoms with Crippen LogP contribution in [0.15, 0.2) is 78.5 Å². The molecule has 7 nitrogen and oxygen atoms in total. The van der Waals surface area contributed by atoms with E-state index in [-0.39, 0.29) is 17.9 Å². The number of carbonyl (C=O) groups is 2. The SMILES string of the molecule is COc1cccc(C2/C(=C(/O)c3cccc(OCC(C)C)c3)C(=O)C(=O)N2Cc2ccccn2)c1. The van der Waals surface area contributed by atoms with Crippen molar-refractivity contribution in [1.82, 2.24) is 9.88 Å². The Morgan fingerprint density at radius 1 is 1.03 bits per heavy atom. The molecule has 2 heterocycles. The number of ketones is 1. The summed E-state index contributed by atoms with van der Waals surface area (Å²) in [4.78, 5) is 32.2. The lowest BCUT2D eigenvalue weighted by Crippen LogP contribution is -2.29. The molecular weight excluding hydrogens is 444 g/mol. The molecule has 0 saturated carbocycles. The molecule has 1 N–H and O–H groups in total. The van der Waals surface area contributed by atoms with Crippen LogP contribution in [-0.2, 0) is 16.1 Å². The van der Waals surface area contributed by atoms with Crippen LogP contribution in [-0.4, -0.2) is 40.4 Å². The maximum absolute atomic E-state index is 13.3. The first-order chi connectivity index (χ1) is 16.9. The van der Waals surface area contributed by atoms with Gasteiger partial charge < -0.3 is 19.5 Å². The van der Waals surface area contributed by atoms with Crippen LogP contribution in [0.3, 0.4) is 0 Å². The van der Waals surface area contributed by atoms with Crippen LogP contribution < -0.4 is 9.47 Å². The summed E-state index contributed by atoms with van der Waals surface area (Å²) < 4.78 is 11.2. The number of carbonyl (C=O) groups excluding carboxylic acids is 2. The first kappa shape index (κ1) is 24.0. The molecule has 1 unspecified atom stereocenters. The zero-order valence-electron chi connectivity index (χ0n) is 20.0. The Balaban J connectivity index is 1.81. The summed E-state index contributed by atoms with van der Waals surface area (Å²) in [5.74, 6) is -0.220. The number of likely N-dealkylation sites (tertiary alicyclic amines) is 1. The first-order valence-electron chi connectivity index (χ1n) is 11.4. The molecule has 35 heavy (non-hydrogen) atoms. The van der Waals surface area contributed by atoms with Gasteiger partial charge in [0.25, 0.3) is 11.7 Å². The highest BCUT2D eigenvalue weighted by atomic mass is 16.5. The van der Waals surface area contributed by atoms with Crippen LogP contribution >= 0.6 is 0 Å². The molecule has 180 valence electrons. The number of aromatic nitrogens is 1. The number of hydrogen-bond acceptors (Lipinski definition) is 6. The van der Waals surface area contributed by atoms with Gasteiger partial charge in [0, 0.05) is 11.8 Å². The van der Waals surface area contributed by atoms with Gasteiger partial charge in [-0.15, -0.1) is 0 Å². The number of ether oxygens (including phenoxy) is 2. The molecule has 1 amide bonds. The fourth-order valence-corrected chi connectivity index (χ4v) is 4.02. The molecule has 0 aliphatic carbocycles. The van der Waals surface area contributed by atoms with E-state index in [0.717, 1.165) is 0 Å². The number of pyridine rings is 1. The average molecular weight is 473 g/mol. The highest BCUT2D eigenvalue weighted by Crippen LogP contribution is 2.41. The smallest absolute Gasteiger partial charge is 0.296 e. The van der Waals surface area contributed by atoms with Crippen LogP contribution in [0.4, 0.5) is 0 Å². The molecule has 3 aromatic rings. The second-order valence-corrected chi connectivity index (χ2v) is 8.76.